The molecule has 1 aromatic heterocycles. The van der Waals surface area contributed by atoms with E-state index < -0.39 is 25.1 Å². The molecule has 0 fully saturated rings. The van der Waals surface area contributed by atoms with E-state index in [4.69, 9.17) is 0 Å². The summed E-state index contributed by atoms with van der Waals surface area (Å²) < 4.78 is 77.2. The summed E-state index contributed by atoms with van der Waals surface area (Å²) in [6.07, 6.45) is -13.5. The number of ether oxygens (including phenoxy) is 1. The maximum Gasteiger partial charge on any atom is 0.423 e. The Bertz CT molecular complexity index is 400. The number of hydrogen-bond donors (Lipinski definition) is 1. The molecule has 1 heterocycles. The fourth-order valence-corrected chi connectivity index (χ4v) is 1.39. The van der Waals surface area contributed by atoms with E-state index in [1.54, 1.807) is 13.1 Å². The summed E-state index contributed by atoms with van der Waals surface area (Å²) in [5, 5.41) is 2.82. The van der Waals surface area contributed by atoms with Crippen molar-refractivity contribution in [3.05, 3.63) is 29.6 Å². The molecule has 0 unspecified atom stereocenters. The van der Waals surface area contributed by atoms with Crippen LogP contribution in [0, 0.1) is 0 Å². The Morgan fingerprint density at radius 3 is 2.15 bits per heavy atom. The molecule has 0 saturated carbocycles. The van der Waals surface area contributed by atoms with Crippen LogP contribution in [-0.2, 0) is 17.9 Å². The van der Waals surface area contributed by atoms with E-state index in [0.717, 1.165) is 5.56 Å². The van der Waals surface area contributed by atoms with Crippen molar-refractivity contribution in [2.45, 2.75) is 31.6 Å². The topological polar surface area (TPSA) is 34.1 Å². The minimum atomic E-state index is -5.51. The molecule has 0 aliphatic heterocycles. The van der Waals surface area contributed by atoms with E-state index >= 15 is 0 Å². The number of halogens is 6. The van der Waals surface area contributed by atoms with Crippen LogP contribution in [0.15, 0.2) is 18.3 Å². The van der Waals surface area contributed by atoms with Crippen LogP contribution in [0.5, 0.6) is 0 Å². The fraction of sp³-hybridized carbons (Fsp3) is 0.545. The smallest absolute Gasteiger partial charge is 0.354 e. The van der Waals surface area contributed by atoms with E-state index in [0.29, 0.717) is 6.54 Å². The van der Waals surface area contributed by atoms with Crippen LogP contribution in [-0.4, -0.2) is 30.5 Å². The second-order valence-corrected chi connectivity index (χ2v) is 3.96. The zero-order valence-electron chi connectivity index (χ0n) is 10.3. The lowest BCUT2D eigenvalue weighted by Gasteiger charge is -2.22. The Morgan fingerprint density at radius 1 is 1.15 bits per heavy atom. The van der Waals surface area contributed by atoms with Gasteiger partial charge in [-0.25, -0.2) is 0 Å². The summed E-state index contributed by atoms with van der Waals surface area (Å²) in [6, 6.07) is 2.86. The van der Waals surface area contributed by atoms with E-state index in [1.807, 2.05) is 0 Å². The van der Waals surface area contributed by atoms with Crippen molar-refractivity contribution in [2.75, 3.05) is 7.05 Å². The third kappa shape index (κ3) is 4.97. The van der Waals surface area contributed by atoms with Crippen LogP contribution in [0.4, 0.5) is 26.3 Å². The van der Waals surface area contributed by atoms with Gasteiger partial charge in [0.25, 0.3) is 0 Å². The Labute approximate surface area is 110 Å². The Morgan fingerprint density at radius 2 is 1.75 bits per heavy atom. The highest BCUT2D eigenvalue weighted by Crippen LogP contribution is 2.36. The van der Waals surface area contributed by atoms with Crippen LogP contribution in [0.2, 0.25) is 0 Å². The summed E-state index contributed by atoms with van der Waals surface area (Å²) in [5.74, 6) is 0. The van der Waals surface area contributed by atoms with Crippen LogP contribution in [0.1, 0.15) is 11.3 Å². The summed E-state index contributed by atoms with van der Waals surface area (Å²) in [5.41, 5.74) is 0.739. The molecule has 0 radical (unpaired) electrons. The summed E-state index contributed by atoms with van der Waals surface area (Å²) >= 11 is 0. The molecule has 0 bridgehead atoms. The first-order chi connectivity index (χ1) is 9.14. The SMILES string of the molecule is CNCc1ccc(COC(C(F)(F)F)C(F)(F)F)nc1. The molecule has 1 N–H and O–H groups in total. The predicted molar refractivity (Wildman–Crippen MR) is 57.7 cm³/mol. The maximum atomic E-state index is 12.2. The third-order valence-electron chi connectivity index (χ3n) is 2.26. The van der Waals surface area contributed by atoms with Gasteiger partial charge in [-0.2, -0.15) is 26.3 Å². The first-order valence-corrected chi connectivity index (χ1v) is 5.48. The van der Waals surface area contributed by atoms with Crippen molar-refractivity contribution in [3.63, 3.8) is 0 Å². The molecular formula is C11H12F6N2O. The highest BCUT2D eigenvalue weighted by Gasteiger charge is 2.57. The quantitative estimate of drug-likeness (QED) is 0.849. The summed E-state index contributed by atoms with van der Waals surface area (Å²) in [4.78, 5) is 3.73. The van der Waals surface area contributed by atoms with Gasteiger partial charge in [0.05, 0.1) is 12.3 Å². The molecule has 0 aliphatic carbocycles. The van der Waals surface area contributed by atoms with Crippen molar-refractivity contribution in [1.29, 1.82) is 0 Å². The first-order valence-electron chi connectivity index (χ1n) is 5.48. The number of nitrogens with one attached hydrogen (secondary N) is 1. The van der Waals surface area contributed by atoms with Crippen molar-refractivity contribution >= 4 is 0 Å². The van der Waals surface area contributed by atoms with Crippen LogP contribution in [0.3, 0.4) is 0 Å². The molecular weight excluding hydrogens is 290 g/mol. The zero-order valence-corrected chi connectivity index (χ0v) is 10.3. The lowest BCUT2D eigenvalue weighted by Crippen LogP contribution is -2.44. The molecule has 0 amide bonds. The lowest BCUT2D eigenvalue weighted by molar-refractivity contribution is -0.324. The predicted octanol–water partition coefficient (Wildman–Crippen LogP) is 2.81. The van der Waals surface area contributed by atoms with Crippen LogP contribution < -0.4 is 5.32 Å². The van der Waals surface area contributed by atoms with E-state index in [9.17, 15) is 26.3 Å². The molecule has 0 atom stereocenters. The van der Waals surface area contributed by atoms with Gasteiger partial charge in [0.15, 0.2) is 0 Å². The van der Waals surface area contributed by atoms with Crippen molar-refractivity contribution in [3.8, 4) is 0 Å². The van der Waals surface area contributed by atoms with Gasteiger partial charge in [0.2, 0.25) is 6.10 Å². The van der Waals surface area contributed by atoms with E-state index in [-0.39, 0.29) is 5.69 Å². The lowest BCUT2D eigenvalue weighted by atomic mass is 10.2. The van der Waals surface area contributed by atoms with E-state index in [2.05, 4.69) is 15.0 Å². The van der Waals surface area contributed by atoms with Gasteiger partial charge in [-0.05, 0) is 18.7 Å². The van der Waals surface area contributed by atoms with Gasteiger partial charge in [-0.15, -0.1) is 0 Å². The fourth-order valence-electron chi connectivity index (χ4n) is 1.39. The van der Waals surface area contributed by atoms with Crippen molar-refractivity contribution < 1.29 is 31.1 Å². The standard InChI is InChI=1S/C11H12F6N2O/c1-18-4-7-2-3-8(19-5-7)6-20-9(10(12,13)14)11(15,16)17/h2-3,5,9,18H,4,6H2,1H3. The number of rotatable bonds is 5. The number of pyridine rings is 1. The molecule has 9 heteroatoms. The number of hydrogen-bond acceptors (Lipinski definition) is 3. The van der Waals surface area contributed by atoms with E-state index in [1.165, 1.54) is 12.3 Å². The Hall–Kier alpha value is -1.35. The normalized spacial score (nSPS) is 13.0. The molecule has 20 heavy (non-hydrogen) atoms. The highest BCUT2D eigenvalue weighted by atomic mass is 19.4. The largest absolute Gasteiger partial charge is 0.423 e. The molecule has 0 aromatic carbocycles. The molecule has 114 valence electrons. The first kappa shape index (κ1) is 16.7. The molecule has 0 spiro atoms. The summed E-state index contributed by atoms with van der Waals surface area (Å²) in [6.45, 7) is -0.384. The Kier molecular flexibility index (Phi) is 5.35. The molecule has 1 rings (SSSR count). The monoisotopic (exact) mass is 302 g/mol. The number of alkyl halides is 6. The zero-order chi connectivity index (χ0) is 15.4. The second-order valence-electron chi connectivity index (χ2n) is 3.96. The van der Waals surface area contributed by atoms with Gasteiger partial charge >= 0.3 is 12.4 Å². The third-order valence-corrected chi connectivity index (χ3v) is 2.26. The van der Waals surface area contributed by atoms with Crippen molar-refractivity contribution in [1.82, 2.24) is 10.3 Å². The summed E-state index contributed by atoms with van der Waals surface area (Å²) in [7, 11) is 1.69. The average Bonchev–Trinajstić information content (AvgIpc) is 2.28. The van der Waals surface area contributed by atoms with Crippen LogP contribution >= 0.6 is 0 Å². The van der Waals surface area contributed by atoms with Gasteiger partial charge < -0.3 is 10.1 Å². The minimum absolute atomic E-state index is 0.0108. The van der Waals surface area contributed by atoms with Crippen LogP contribution in [0.25, 0.3) is 0 Å². The molecule has 1 aromatic rings. The maximum absolute atomic E-state index is 12.2. The Balaban J connectivity index is 2.68. The van der Waals surface area contributed by atoms with Gasteiger partial charge in [0.1, 0.15) is 0 Å². The number of nitrogens with zero attached hydrogens (tertiary/aromatic N) is 1. The highest BCUT2D eigenvalue weighted by molar-refractivity contribution is 5.13. The van der Waals surface area contributed by atoms with Gasteiger partial charge in [0, 0.05) is 12.7 Å². The average molecular weight is 302 g/mol. The second kappa shape index (κ2) is 6.40. The molecule has 0 aliphatic rings. The van der Waals surface area contributed by atoms with Crippen molar-refractivity contribution in [2.24, 2.45) is 0 Å². The van der Waals surface area contributed by atoms with Gasteiger partial charge in [-0.1, -0.05) is 6.07 Å². The molecule has 0 saturated heterocycles. The molecule has 3 nitrogen and oxygen atoms in total. The number of aromatic nitrogens is 1. The van der Waals surface area contributed by atoms with Gasteiger partial charge in [-0.3, -0.25) is 4.98 Å². The minimum Gasteiger partial charge on any atom is -0.354 e.